The summed E-state index contributed by atoms with van der Waals surface area (Å²) in [5.74, 6) is 0.870. The normalized spacial score (nSPS) is 16.4. The fraction of sp³-hybridized carbons (Fsp3) is 0.632. The van der Waals surface area contributed by atoms with Crippen molar-refractivity contribution in [3.8, 4) is 0 Å². The van der Waals surface area contributed by atoms with Gasteiger partial charge in [-0.2, -0.15) is 0 Å². The van der Waals surface area contributed by atoms with Crippen molar-refractivity contribution in [2.24, 2.45) is 4.99 Å². The number of halogens is 1. The predicted molar refractivity (Wildman–Crippen MR) is 118 cm³/mol. The van der Waals surface area contributed by atoms with Crippen LogP contribution in [0.15, 0.2) is 29.3 Å². The molecule has 25 heavy (non-hydrogen) atoms. The van der Waals surface area contributed by atoms with Gasteiger partial charge < -0.3 is 15.5 Å². The van der Waals surface area contributed by atoms with E-state index in [9.17, 15) is 0 Å². The van der Waals surface area contributed by atoms with Crippen LogP contribution in [0.5, 0.6) is 0 Å². The molecule has 1 aromatic carbocycles. The lowest BCUT2D eigenvalue weighted by molar-refractivity contribution is 0.132. The first kappa shape index (κ1) is 22.2. The second kappa shape index (κ2) is 12.5. The lowest BCUT2D eigenvalue weighted by atomic mass is 10.1. The average molecular weight is 459 g/mol. The summed E-state index contributed by atoms with van der Waals surface area (Å²) < 4.78 is 0. The SMILES string of the molecule is CCCNC(=NC)NCc1ccc(CN2CCN(CC)CC2)cc1.I. The molecule has 0 atom stereocenters. The summed E-state index contributed by atoms with van der Waals surface area (Å²) in [6.45, 7) is 13.1. The number of nitrogens with one attached hydrogen (secondary N) is 2. The lowest BCUT2D eigenvalue weighted by Gasteiger charge is -2.34. The van der Waals surface area contributed by atoms with Crippen molar-refractivity contribution in [1.82, 2.24) is 20.4 Å². The van der Waals surface area contributed by atoms with Crippen LogP contribution in [0.2, 0.25) is 0 Å². The largest absolute Gasteiger partial charge is 0.356 e. The number of rotatable bonds is 7. The van der Waals surface area contributed by atoms with Crippen LogP contribution in [0, 0.1) is 0 Å². The Morgan fingerprint density at radius 3 is 2.12 bits per heavy atom. The monoisotopic (exact) mass is 459 g/mol. The van der Waals surface area contributed by atoms with Gasteiger partial charge >= 0.3 is 0 Å². The molecule has 1 aliphatic heterocycles. The maximum Gasteiger partial charge on any atom is 0.191 e. The van der Waals surface area contributed by atoms with Crippen molar-refractivity contribution in [3.05, 3.63) is 35.4 Å². The summed E-state index contributed by atoms with van der Waals surface area (Å²) in [7, 11) is 1.81. The highest BCUT2D eigenvalue weighted by atomic mass is 127. The summed E-state index contributed by atoms with van der Waals surface area (Å²) >= 11 is 0. The minimum Gasteiger partial charge on any atom is -0.356 e. The summed E-state index contributed by atoms with van der Waals surface area (Å²) in [6.07, 6.45) is 1.10. The van der Waals surface area contributed by atoms with Crippen molar-refractivity contribution in [1.29, 1.82) is 0 Å². The van der Waals surface area contributed by atoms with Gasteiger partial charge in [0.05, 0.1) is 0 Å². The minimum atomic E-state index is 0. The van der Waals surface area contributed by atoms with E-state index in [1.807, 2.05) is 7.05 Å². The summed E-state index contributed by atoms with van der Waals surface area (Å²) in [5, 5.41) is 6.65. The highest BCUT2D eigenvalue weighted by Crippen LogP contribution is 2.10. The second-order valence-electron chi connectivity index (χ2n) is 6.38. The predicted octanol–water partition coefficient (Wildman–Crippen LogP) is 2.52. The third-order valence-electron chi connectivity index (χ3n) is 4.57. The zero-order valence-corrected chi connectivity index (χ0v) is 18.3. The fourth-order valence-electron chi connectivity index (χ4n) is 2.93. The Bertz CT molecular complexity index is 495. The maximum absolute atomic E-state index is 4.23. The van der Waals surface area contributed by atoms with E-state index < -0.39 is 0 Å². The Hall–Kier alpha value is -0.860. The Balaban J connectivity index is 0.00000312. The summed E-state index contributed by atoms with van der Waals surface area (Å²) in [6, 6.07) is 8.95. The summed E-state index contributed by atoms with van der Waals surface area (Å²) in [5.41, 5.74) is 2.69. The van der Waals surface area contributed by atoms with E-state index in [4.69, 9.17) is 0 Å². The smallest absolute Gasteiger partial charge is 0.191 e. The molecule has 0 aromatic heterocycles. The third-order valence-corrected chi connectivity index (χ3v) is 4.57. The molecule has 1 aliphatic rings. The molecule has 0 saturated carbocycles. The molecule has 1 fully saturated rings. The lowest BCUT2D eigenvalue weighted by Crippen LogP contribution is -2.45. The number of benzene rings is 1. The number of piperazine rings is 1. The molecule has 2 rings (SSSR count). The molecule has 0 unspecified atom stereocenters. The standard InChI is InChI=1S/C19H33N5.HI/c1-4-10-21-19(20-3)22-15-17-6-8-18(9-7-17)16-24-13-11-23(5-2)12-14-24;/h6-9H,4-5,10-16H2,1-3H3,(H2,20,21,22);1H. The van der Waals surface area contributed by atoms with Crippen LogP contribution in [0.4, 0.5) is 0 Å². The van der Waals surface area contributed by atoms with Gasteiger partial charge in [0.2, 0.25) is 0 Å². The minimum absolute atomic E-state index is 0. The number of nitrogens with zero attached hydrogens (tertiary/aromatic N) is 3. The van der Waals surface area contributed by atoms with Gasteiger partial charge in [-0.15, -0.1) is 24.0 Å². The van der Waals surface area contributed by atoms with Crippen molar-refractivity contribution in [3.63, 3.8) is 0 Å². The Kier molecular flexibility index (Phi) is 11.1. The first-order chi connectivity index (χ1) is 11.7. The Labute approximate surface area is 170 Å². The second-order valence-corrected chi connectivity index (χ2v) is 6.38. The van der Waals surface area contributed by atoms with E-state index in [-0.39, 0.29) is 24.0 Å². The molecule has 0 aliphatic carbocycles. The van der Waals surface area contributed by atoms with Gasteiger partial charge in [0.15, 0.2) is 5.96 Å². The molecule has 6 heteroatoms. The van der Waals surface area contributed by atoms with Crippen LogP contribution in [-0.4, -0.2) is 62.1 Å². The molecule has 142 valence electrons. The fourth-order valence-corrected chi connectivity index (χ4v) is 2.93. The number of aliphatic imine (C=N–C) groups is 1. The molecule has 1 aromatic rings. The molecule has 5 nitrogen and oxygen atoms in total. The van der Waals surface area contributed by atoms with E-state index in [0.717, 1.165) is 32.0 Å². The first-order valence-electron chi connectivity index (χ1n) is 9.22. The van der Waals surface area contributed by atoms with Crippen molar-refractivity contribution in [2.45, 2.75) is 33.4 Å². The van der Waals surface area contributed by atoms with E-state index in [2.05, 4.69) is 63.5 Å². The molecule has 0 amide bonds. The Morgan fingerprint density at radius 2 is 1.56 bits per heavy atom. The van der Waals surface area contributed by atoms with Crippen molar-refractivity contribution >= 4 is 29.9 Å². The Morgan fingerprint density at radius 1 is 0.960 bits per heavy atom. The highest BCUT2D eigenvalue weighted by molar-refractivity contribution is 14.0. The van der Waals surface area contributed by atoms with Gasteiger partial charge in [-0.25, -0.2) is 0 Å². The maximum atomic E-state index is 4.23. The number of hydrogen-bond acceptors (Lipinski definition) is 3. The van der Waals surface area contributed by atoms with Crippen LogP contribution >= 0.6 is 24.0 Å². The van der Waals surface area contributed by atoms with E-state index in [1.54, 1.807) is 0 Å². The van der Waals surface area contributed by atoms with Gasteiger partial charge in [0.1, 0.15) is 0 Å². The number of guanidine groups is 1. The topological polar surface area (TPSA) is 42.9 Å². The summed E-state index contributed by atoms with van der Waals surface area (Å²) in [4.78, 5) is 9.30. The van der Waals surface area contributed by atoms with Gasteiger partial charge in [0, 0.05) is 52.9 Å². The molecular formula is C19H34IN5. The van der Waals surface area contributed by atoms with Crippen molar-refractivity contribution in [2.75, 3.05) is 46.3 Å². The van der Waals surface area contributed by atoms with Gasteiger partial charge in [-0.1, -0.05) is 38.1 Å². The molecule has 0 radical (unpaired) electrons. The van der Waals surface area contributed by atoms with Gasteiger partial charge in [0.25, 0.3) is 0 Å². The van der Waals surface area contributed by atoms with E-state index >= 15 is 0 Å². The zero-order chi connectivity index (χ0) is 17.2. The number of likely N-dealkylation sites (N-methyl/N-ethyl adjacent to an activating group) is 1. The molecule has 1 heterocycles. The quantitative estimate of drug-likeness (QED) is 0.374. The van der Waals surface area contributed by atoms with E-state index in [1.165, 1.54) is 43.9 Å². The third kappa shape index (κ3) is 7.92. The average Bonchev–Trinajstić information content (AvgIpc) is 2.64. The van der Waals surface area contributed by atoms with Crippen LogP contribution in [0.1, 0.15) is 31.4 Å². The first-order valence-corrected chi connectivity index (χ1v) is 9.22. The zero-order valence-electron chi connectivity index (χ0n) is 15.9. The van der Waals surface area contributed by atoms with Gasteiger partial charge in [-0.05, 0) is 24.1 Å². The molecule has 1 saturated heterocycles. The van der Waals surface area contributed by atoms with Crippen LogP contribution in [0.25, 0.3) is 0 Å². The van der Waals surface area contributed by atoms with Gasteiger partial charge in [-0.3, -0.25) is 9.89 Å². The molecular weight excluding hydrogens is 425 g/mol. The van der Waals surface area contributed by atoms with Crippen LogP contribution in [0.3, 0.4) is 0 Å². The molecule has 2 N–H and O–H groups in total. The molecule has 0 bridgehead atoms. The van der Waals surface area contributed by atoms with E-state index in [0.29, 0.717) is 0 Å². The van der Waals surface area contributed by atoms with Crippen molar-refractivity contribution < 1.29 is 0 Å². The highest BCUT2D eigenvalue weighted by Gasteiger charge is 2.15. The molecule has 0 spiro atoms. The van der Waals surface area contributed by atoms with Crippen LogP contribution < -0.4 is 10.6 Å². The number of hydrogen-bond donors (Lipinski definition) is 2. The van der Waals surface area contributed by atoms with Crippen LogP contribution in [-0.2, 0) is 13.1 Å².